The monoisotopic (exact) mass is 222 g/mol. The summed E-state index contributed by atoms with van der Waals surface area (Å²) in [6, 6.07) is 7.35. The molecular formula is C13H19FN2. The lowest BCUT2D eigenvalue weighted by atomic mass is 10.0. The molecule has 1 aromatic carbocycles. The third-order valence-corrected chi connectivity index (χ3v) is 3.36. The highest BCUT2D eigenvalue weighted by Gasteiger charge is 2.28. The quantitative estimate of drug-likeness (QED) is 0.844. The molecule has 2 nitrogen and oxygen atoms in total. The van der Waals surface area contributed by atoms with Gasteiger partial charge < -0.3 is 10.2 Å². The number of nitrogens with one attached hydrogen (secondary N) is 1. The number of rotatable bonds is 3. The Kier molecular flexibility index (Phi) is 3.44. The lowest BCUT2D eigenvalue weighted by Gasteiger charge is -2.32. The smallest absolute Gasteiger partial charge is 0.125 e. The van der Waals surface area contributed by atoms with Crippen molar-refractivity contribution >= 4 is 5.69 Å². The fraction of sp³-hybridized carbons (Fsp3) is 0.538. The predicted octanol–water partition coefficient (Wildman–Crippen LogP) is 2.26. The highest BCUT2D eigenvalue weighted by Crippen LogP contribution is 2.23. The number of benzene rings is 1. The van der Waals surface area contributed by atoms with Gasteiger partial charge in [0.15, 0.2) is 0 Å². The fourth-order valence-electron chi connectivity index (χ4n) is 2.48. The topological polar surface area (TPSA) is 15.3 Å². The second-order valence-electron chi connectivity index (χ2n) is 4.47. The van der Waals surface area contributed by atoms with Crippen molar-refractivity contribution in [2.75, 3.05) is 24.5 Å². The fourth-order valence-corrected chi connectivity index (χ4v) is 2.48. The molecule has 1 heterocycles. The first-order valence-corrected chi connectivity index (χ1v) is 5.95. The zero-order valence-electron chi connectivity index (χ0n) is 9.91. The molecule has 2 unspecified atom stereocenters. The summed E-state index contributed by atoms with van der Waals surface area (Å²) in [5.41, 5.74) is 0.989. The Morgan fingerprint density at radius 3 is 2.81 bits per heavy atom. The van der Waals surface area contributed by atoms with Crippen LogP contribution in [0.1, 0.15) is 13.8 Å². The summed E-state index contributed by atoms with van der Waals surface area (Å²) < 4.78 is 13.2. The molecule has 1 aromatic rings. The van der Waals surface area contributed by atoms with Crippen LogP contribution in [0.25, 0.3) is 0 Å². The summed E-state index contributed by atoms with van der Waals surface area (Å²) in [5, 5.41) is 3.39. The van der Waals surface area contributed by atoms with Crippen molar-refractivity contribution in [3.8, 4) is 0 Å². The highest BCUT2D eigenvalue weighted by molar-refractivity contribution is 5.48. The second kappa shape index (κ2) is 4.83. The molecule has 0 aromatic heterocycles. The van der Waals surface area contributed by atoms with Gasteiger partial charge in [-0.2, -0.15) is 0 Å². The molecule has 1 fully saturated rings. The van der Waals surface area contributed by atoms with E-state index in [1.165, 1.54) is 6.07 Å². The summed E-state index contributed by atoms with van der Waals surface area (Å²) in [5.74, 6) is 0.456. The lowest BCUT2D eigenvalue weighted by molar-refractivity contribution is 0.520. The van der Waals surface area contributed by atoms with Gasteiger partial charge in [-0.25, -0.2) is 4.39 Å². The van der Waals surface area contributed by atoms with Gasteiger partial charge in [0, 0.05) is 24.8 Å². The van der Waals surface area contributed by atoms with Gasteiger partial charge in [-0.15, -0.1) is 0 Å². The zero-order chi connectivity index (χ0) is 11.5. The molecule has 0 spiro atoms. The molecule has 1 aliphatic heterocycles. The van der Waals surface area contributed by atoms with Crippen LogP contribution < -0.4 is 10.2 Å². The van der Waals surface area contributed by atoms with Crippen LogP contribution in [0.5, 0.6) is 0 Å². The largest absolute Gasteiger partial charge is 0.367 e. The first kappa shape index (κ1) is 11.4. The van der Waals surface area contributed by atoms with Crippen molar-refractivity contribution in [3.05, 3.63) is 30.1 Å². The molecule has 0 radical (unpaired) electrons. The first-order chi connectivity index (χ1) is 7.72. The summed E-state index contributed by atoms with van der Waals surface area (Å²) in [4.78, 5) is 2.29. The summed E-state index contributed by atoms with van der Waals surface area (Å²) >= 11 is 0. The van der Waals surface area contributed by atoms with Crippen LogP contribution in [0.3, 0.4) is 0 Å². The van der Waals surface area contributed by atoms with Crippen molar-refractivity contribution in [2.45, 2.75) is 19.9 Å². The number of likely N-dealkylation sites (N-methyl/N-ethyl adjacent to an activating group) is 1. The van der Waals surface area contributed by atoms with Gasteiger partial charge in [-0.1, -0.05) is 13.0 Å². The van der Waals surface area contributed by atoms with Crippen molar-refractivity contribution in [1.29, 1.82) is 0 Å². The van der Waals surface area contributed by atoms with Gasteiger partial charge in [-0.05, 0) is 37.6 Å². The maximum Gasteiger partial charge on any atom is 0.125 e. The summed E-state index contributed by atoms with van der Waals surface area (Å²) in [6.07, 6.45) is 0. The second-order valence-corrected chi connectivity index (χ2v) is 4.47. The average molecular weight is 222 g/mol. The third-order valence-electron chi connectivity index (χ3n) is 3.36. The summed E-state index contributed by atoms with van der Waals surface area (Å²) in [7, 11) is 0. The predicted molar refractivity (Wildman–Crippen MR) is 65.2 cm³/mol. The molecular weight excluding hydrogens is 203 g/mol. The first-order valence-electron chi connectivity index (χ1n) is 5.95. The van der Waals surface area contributed by atoms with Crippen molar-refractivity contribution in [1.82, 2.24) is 5.32 Å². The molecule has 1 saturated heterocycles. The van der Waals surface area contributed by atoms with Crippen LogP contribution in [0, 0.1) is 11.7 Å². The van der Waals surface area contributed by atoms with Gasteiger partial charge in [-0.3, -0.25) is 0 Å². The Balaban J connectivity index is 2.21. The van der Waals surface area contributed by atoms with Crippen LogP contribution in [-0.4, -0.2) is 25.7 Å². The minimum absolute atomic E-state index is 0.158. The molecule has 1 aliphatic rings. The van der Waals surface area contributed by atoms with E-state index < -0.39 is 0 Å². The molecule has 3 heteroatoms. The van der Waals surface area contributed by atoms with Crippen molar-refractivity contribution in [3.63, 3.8) is 0 Å². The van der Waals surface area contributed by atoms with Crippen LogP contribution in [0.4, 0.5) is 10.1 Å². The highest BCUT2D eigenvalue weighted by atomic mass is 19.1. The van der Waals surface area contributed by atoms with Gasteiger partial charge in [0.1, 0.15) is 5.82 Å². The van der Waals surface area contributed by atoms with E-state index in [9.17, 15) is 4.39 Å². The van der Waals surface area contributed by atoms with Crippen LogP contribution in [0.2, 0.25) is 0 Å². The Morgan fingerprint density at radius 2 is 2.25 bits per heavy atom. The Hall–Kier alpha value is -1.09. The summed E-state index contributed by atoms with van der Waals surface area (Å²) in [6.45, 7) is 7.32. The molecule has 1 N–H and O–H groups in total. The van der Waals surface area contributed by atoms with Crippen molar-refractivity contribution < 1.29 is 4.39 Å². The third kappa shape index (κ3) is 2.19. The van der Waals surface area contributed by atoms with Gasteiger partial charge in [0.2, 0.25) is 0 Å². The van der Waals surface area contributed by atoms with Gasteiger partial charge in [0.25, 0.3) is 0 Å². The molecule has 88 valence electrons. The van der Waals surface area contributed by atoms with Crippen molar-refractivity contribution in [2.24, 2.45) is 5.92 Å². The maximum atomic E-state index is 13.2. The Morgan fingerprint density at radius 1 is 1.44 bits per heavy atom. The lowest BCUT2D eigenvalue weighted by Crippen LogP contribution is -2.40. The minimum Gasteiger partial charge on any atom is -0.367 e. The van der Waals surface area contributed by atoms with Gasteiger partial charge in [0.05, 0.1) is 0 Å². The van der Waals surface area contributed by atoms with E-state index in [4.69, 9.17) is 0 Å². The van der Waals surface area contributed by atoms with E-state index in [0.29, 0.717) is 12.0 Å². The van der Waals surface area contributed by atoms with Crippen LogP contribution in [0.15, 0.2) is 24.3 Å². The number of anilines is 1. The van der Waals surface area contributed by atoms with E-state index in [1.807, 2.05) is 6.07 Å². The normalized spacial score (nSPS) is 24.7. The molecule has 0 amide bonds. The number of hydrogen-bond donors (Lipinski definition) is 1. The van der Waals surface area contributed by atoms with Gasteiger partial charge >= 0.3 is 0 Å². The molecule has 0 bridgehead atoms. The molecule has 2 rings (SSSR count). The minimum atomic E-state index is -0.158. The number of hydrogen-bond acceptors (Lipinski definition) is 2. The SMILES string of the molecule is CCN(c1cccc(F)c1)C1CNCC1C. The van der Waals surface area contributed by atoms with Crippen LogP contribution >= 0.6 is 0 Å². The average Bonchev–Trinajstić information content (AvgIpc) is 2.67. The van der Waals surface area contributed by atoms with E-state index in [-0.39, 0.29) is 5.82 Å². The molecule has 0 aliphatic carbocycles. The van der Waals surface area contributed by atoms with E-state index in [2.05, 4.69) is 24.1 Å². The standard InChI is InChI=1S/C13H19FN2/c1-3-16(13-9-15-8-10(13)2)12-6-4-5-11(14)7-12/h4-7,10,13,15H,3,8-9H2,1-2H3. The van der Waals surface area contributed by atoms with Crippen LogP contribution in [-0.2, 0) is 0 Å². The molecule has 2 atom stereocenters. The van der Waals surface area contributed by atoms with E-state index in [0.717, 1.165) is 25.3 Å². The zero-order valence-corrected chi connectivity index (χ0v) is 9.91. The maximum absolute atomic E-state index is 13.2. The molecule has 0 saturated carbocycles. The van der Waals surface area contributed by atoms with E-state index in [1.54, 1.807) is 12.1 Å². The van der Waals surface area contributed by atoms with E-state index >= 15 is 0 Å². The Labute approximate surface area is 96.5 Å². The number of nitrogens with zero attached hydrogens (tertiary/aromatic N) is 1. The Bertz CT molecular complexity index is 354. The number of halogens is 1. The molecule has 16 heavy (non-hydrogen) atoms.